The Labute approximate surface area is 133 Å². The third-order valence-corrected chi connectivity index (χ3v) is 4.66. The number of carbonyl (C=O) groups is 2. The summed E-state index contributed by atoms with van der Waals surface area (Å²) in [5.41, 5.74) is -0.434. The van der Waals surface area contributed by atoms with Crippen molar-refractivity contribution in [3.8, 4) is 0 Å². The minimum atomic E-state index is -0.960. The van der Waals surface area contributed by atoms with E-state index in [1.807, 2.05) is 20.8 Å². The van der Waals surface area contributed by atoms with Gasteiger partial charge in [0.2, 0.25) is 5.91 Å². The fourth-order valence-electron chi connectivity index (χ4n) is 2.83. The Morgan fingerprint density at radius 3 is 2.77 bits per heavy atom. The molecule has 1 aromatic rings. The van der Waals surface area contributed by atoms with Crippen LogP contribution in [0.5, 0.6) is 0 Å². The van der Waals surface area contributed by atoms with Gasteiger partial charge in [0.15, 0.2) is 0 Å². The third kappa shape index (κ3) is 3.80. The summed E-state index contributed by atoms with van der Waals surface area (Å²) in [7, 11) is 0. The predicted molar refractivity (Wildman–Crippen MR) is 80.5 cm³/mol. The highest BCUT2D eigenvalue weighted by molar-refractivity contribution is 7.11. The van der Waals surface area contributed by atoms with E-state index < -0.39 is 17.4 Å². The Bertz CT molecular complexity index is 558. The number of carboxylic acids is 1. The van der Waals surface area contributed by atoms with E-state index >= 15 is 0 Å². The van der Waals surface area contributed by atoms with E-state index in [0.29, 0.717) is 11.6 Å². The molecule has 1 atom stereocenters. The Morgan fingerprint density at radius 1 is 1.45 bits per heavy atom. The first-order valence-electron chi connectivity index (χ1n) is 7.20. The molecule has 0 radical (unpaired) electrons. The Balaban J connectivity index is 1.93. The van der Waals surface area contributed by atoms with Crippen molar-refractivity contribution in [1.29, 1.82) is 0 Å². The zero-order valence-electron chi connectivity index (χ0n) is 13.0. The second-order valence-corrected chi connectivity index (χ2v) is 7.39. The number of aromatic nitrogens is 2. The highest BCUT2D eigenvalue weighted by Crippen LogP contribution is 2.35. The third-order valence-electron chi connectivity index (χ3n) is 3.85. The lowest BCUT2D eigenvalue weighted by Gasteiger charge is -2.43. The van der Waals surface area contributed by atoms with Gasteiger partial charge in [-0.05, 0) is 25.2 Å². The van der Waals surface area contributed by atoms with E-state index in [0.717, 1.165) is 17.8 Å². The maximum atomic E-state index is 12.3. The van der Waals surface area contributed by atoms with Gasteiger partial charge in [-0.15, -0.1) is 10.2 Å². The molecule has 0 saturated carbocycles. The second kappa shape index (κ2) is 6.70. The molecule has 0 aliphatic carbocycles. The van der Waals surface area contributed by atoms with E-state index in [1.54, 1.807) is 0 Å². The summed E-state index contributed by atoms with van der Waals surface area (Å²) in [5.74, 6) is -1.25. The summed E-state index contributed by atoms with van der Waals surface area (Å²) >= 11 is 1.41. The fourth-order valence-corrected chi connectivity index (χ4v) is 3.48. The van der Waals surface area contributed by atoms with Crippen molar-refractivity contribution in [3.63, 3.8) is 0 Å². The van der Waals surface area contributed by atoms with E-state index in [9.17, 15) is 14.7 Å². The first kappa shape index (κ1) is 16.8. The lowest BCUT2D eigenvalue weighted by molar-refractivity contribution is -0.161. The topological polar surface area (TPSA) is 92.6 Å². The molecule has 122 valence electrons. The monoisotopic (exact) mass is 327 g/mol. The number of aryl methyl sites for hydroxylation is 1. The number of carbonyl (C=O) groups excluding carboxylic acids is 1. The first-order valence-corrected chi connectivity index (χ1v) is 8.02. The van der Waals surface area contributed by atoms with Gasteiger partial charge in [0, 0.05) is 6.54 Å². The van der Waals surface area contributed by atoms with Crippen molar-refractivity contribution in [2.45, 2.75) is 46.3 Å². The molecular formula is C14H21N3O4S. The Hall–Kier alpha value is -1.54. The zero-order chi connectivity index (χ0) is 16.3. The molecule has 1 unspecified atom stereocenters. The van der Waals surface area contributed by atoms with Crippen LogP contribution in [-0.2, 0) is 20.9 Å². The number of hydrogen-bond donors (Lipinski definition) is 1. The van der Waals surface area contributed by atoms with Crippen LogP contribution in [-0.4, -0.2) is 51.3 Å². The molecule has 1 fully saturated rings. The highest BCUT2D eigenvalue weighted by atomic mass is 32.1. The van der Waals surface area contributed by atoms with Crippen molar-refractivity contribution in [2.24, 2.45) is 5.41 Å². The van der Waals surface area contributed by atoms with Crippen LogP contribution < -0.4 is 0 Å². The summed E-state index contributed by atoms with van der Waals surface area (Å²) in [6, 6.07) is -0.805. The zero-order valence-corrected chi connectivity index (χ0v) is 13.9. The Morgan fingerprint density at radius 2 is 2.18 bits per heavy atom. The van der Waals surface area contributed by atoms with Crippen LogP contribution in [0.4, 0.5) is 0 Å². The van der Waals surface area contributed by atoms with Crippen molar-refractivity contribution in [2.75, 3.05) is 13.2 Å². The average molecular weight is 327 g/mol. The minimum Gasteiger partial charge on any atom is -0.480 e. The summed E-state index contributed by atoms with van der Waals surface area (Å²) in [6.07, 6.45) is 1.59. The normalized spacial score (nSPS) is 20.9. The molecular weight excluding hydrogens is 306 g/mol. The molecule has 0 bridgehead atoms. The van der Waals surface area contributed by atoms with E-state index in [1.165, 1.54) is 16.2 Å². The van der Waals surface area contributed by atoms with Crippen molar-refractivity contribution < 1.29 is 19.4 Å². The van der Waals surface area contributed by atoms with Crippen LogP contribution in [0.3, 0.4) is 0 Å². The van der Waals surface area contributed by atoms with Gasteiger partial charge in [-0.1, -0.05) is 25.2 Å². The summed E-state index contributed by atoms with van der Waals surface area (Å²) < 4.78 is 5.37. The summed E-state index contributed by atoms with van der Waals surface area (Å²) in [4.78, 5) is 25.3. The number of piperidine rings is 1. The smallest absolute Gasteiger partial charge is 0.326 e. The quantitative estimate of drug-likeness (QED) is 0.880. The number of ether oxygens (including phenoxy) is 1. The van der Waals surface area contributed by atoms with Gasteiger partial charge in [-0.3, -0.25) is 4.79 Å². The highest BCUT2D eigenvalue weighted by Gasteiger charge is 2.44. The average Bonchev–Trinajstić information content (AvgIpc) is 2.82. The number of aliphatic carboxylic acids is 1. The van der Waals surface area contributed by atoms with E-state index in [2.05, 4.69) is 10.2 Å². The molecule has 1 aromatic heterocycles. The SMILES string of the molecule is Cc1nnc(COCC(=O)N2CCCC(C)(C)C2C(=O)O)s1. The summed E-state index contributed by atoms with van der Waals surface area (Å²) in [6.45, 7) is 6.15. The van der Waals surface area contributed by atoms with Crippen molar-refractivity contribution in [3.05, 3.63) is 10.0 Å². The molecule has 1 amide bonds. The van der Waals surface area contributed by atoms with Crippen LogP contribution in [0.15, 0.2) is 0 Å². The van der Waals surface area contributed by atoms with Crippen LogP contribution in [0.25, 0.3) is 0 Å². The lowest BCUT2D eigenvalue weighted by Crippen LogP contribution is -2.57. The molecule has 1 aliphatic rings. The lowest BCUT2D eigenvalue weighted by atomic mass is 9.76. The fraction of sp³-hybridized carbons (Fsp3) is 0.714. The number of rotatable bonds is 5. The van der Waals surface area contributed by atoms with Gasteiger partial charge < -0.3 is 14.7 Å². The molecule has 7 nitrogen and oxygen atoms in total. The van der Waals surface area contributed by atoms with Gasteiger partial charge in [0.1, 0.15) is 29.3 Å². The first-order chi connectivity index (χ1) is 10.3. The van der Waals surface area contributed by atoms with Crippen LogP contribution in [0.2, 0.25) is 0 Å². The van der Waals surface area contributed by atoms with Gasteiger partial charge in [-0.25, -0.2) is 4.79 Å². The molecule has 22 heavy (non-hydrogen) atoms. The molecule has 0 aromatic carbocycles. The van der Waals surface area contributed by atoms with Gasteiger partial charge in [0.25, 0.3) is 0 Å². The molecule has 0 spiro atoms. The molecule has 2 rings (SSSR count). The molecule has 1 N–H and O–H groups in total. The molecule has 2 heterocycles. The largest absolute Gasteiger partial charge is 0.480 e. The predicted octanol–water partition coefficient (Wildman–Crippen LogP) is 1.46. The van der Waals surface area contributed by atoms with Gasteiger partial charge in [-0.2, -0.15) is 0 Å². The standard InChI is InChI=1S/C14H21N3O4S/c1-9-15-16-10(22-9)7-21-8-11(18)17-6-4-5-14(2,3)12(17)13(19)20/h12H,4-8H2,1-3H3,(H,19,20). The number of nitrogens with zero attached hydrogens (tertiary/aromatic N) is 3. The van der Waals surface area contributed by atoms with E-state index in [-0.39, 0.29) is 19.1 Å². The van der Waals surface area contributed by atoms with Crippen LogP contribution in [0, 0.1) is 12.3 Å². The van der Waals surface area contributed by atoms with E-state index in [4.69, 9.17) is 4.74 Å². The molecule has 1 aliphatic heterocycles. The molecule has 8 heteroatoms. The van der Waals surface area contributed by atoms with Crippen molar-refractivity contribution >= 4 is 23.2 Å². The number of carboxylic acid groups (broad SMARTS) is 1. The van der Waals surface area contributed by atoms with Crippen LogP contribution >= 0.6 is 11.3 Å². The molecule has 1 saturated heterocycles. The van der Waals surface area contributed by atoms with Gasteiger partial charge >= 0.3 is 5.97 Å². The Kier molecular flexibility index (Phi) is 5.12. The number of hydrogen-bond acceptors (Lipinski definition) is 6. The maximum absolute atomic E-state index is 12.3. The van der Waals surface area contributed by atoms with Crippen molar-refractivity contribution in [1.82, 2.24) is 15.1 Å². The second-order valence-electron chi connectivity index (χ2n) is 6.13. The van der Waals surface area contributed by atoms with Gasteiger partial charge in [0.05, 0.1) is 0 Å². The van der Waals surface area contributed by atoms with Crippen LogP contribution in [0.1, 0.15) is 36.7 Å². The maximum Gasteiger partial charge on any atom is 0.326 e. The minimum absolute atomic E-state index is 0.140. The summed E-state index contributed by atoms with van der Waals surface area (Å²) in [5, 5.41) is 18.8. The number of likely N-dealkylation sites (tertiary alicyclic amines) is 1. The number of amides is 1.